The zero-order chi connectivity index (χ0) is 10.6. The van der Waals surface area contributed by atoms with E-state index in [4.69, 9.17) is 4.74 Å². The Labute approximate surface area is 81.7 Å². The van der Waals surface area contributed by atoms with E-state index in [1.165, 1.54) is 0 Å². The van der Waals surface area contributed by atoms with Crippen molar-refractivity contribution in [3.05, 3.63) is 0 Å². The van der Waals surface area contributed by atoms with Crippen LogP contribution in [0.4, 0.5) is 0 Å². The van der Waals surface area contributed by atoms with Gasteiger partial charge in [-0.3, -0.25) is 4.79 Å². The molecular weight excluding hydrogens is 164 g/mol. The molecule has 1 unspecified atom stereocenters. The molecule has 0 aromatic heterocycles. The van der Waals surface area contributed by atoms with E-state index < -0.39 is 0 Å². The quantitative estimate of drug-likeness (QED) is 0.588. The van der Waals surface area contributed by atoms with Crippen LogP contribution in [-0.4, -0.2) is 11.6 Å². The molecule has 1 rings (SSSR count). The van der Waals surface area contributed by atoms with Crippen molar-refractivity contribution in [2.24, 2.45) is 11.8 Å². The topological polar surface area (TPSA) is 26.3 Å². The highest BCUT2D eigenvalue weighted by Gasteiger charge is 2.42. The zero-order valence-corrected chi connectivity index (χ0v) is 9.68. The molecule has 2 heteroatoms. The lowest BCUT2D eigenvalue weighted by molar-refractivity contribution is -0.146. The molecule has 1 saturated heterocycles. The van der Waals surface area contributed by atoms with E-state index in [0.29, 0.717) is 18.3 Å². The van der Waals surface area contributed by atoms with E-state index in [1.807, 2.05) is 27.7 Å². The summed E-state index contributed by atoms with van der Waals surface area (Å²) in [6.07, 6.45) is 0.588. The second-order valence-electron chi connectivity index (χ2n) is 4.13. The van der Waals surface area contributed by atoms with Gasteiger partial charge < -0.3 is 4.74 Å². The molecule has 1 fully saturated rings. The van der Waals surface area contributed by atoms with E-state index in [2.05, 4.69) is 13.8 Å². The Bertz CT molecular complexity index is 171. The Morgan fingerprint density at radius 2 is 1.85 bits per heavy atom. The van der Waals surface area contributed by atoms with Crippen LogP contribution in [-0.2, 0) is 9.53 Å². The lowest BCUT2D eigenvalue weighted by Gasteiger charge is -2.27. The number of carbonyl (C=O) groups excluding carboxylic acids is 1. The number of hydrogen-bond donors (Lipinski definition) is 0. The molecule has 2 nitrogen and oxygen atoms in total. The molecule has 0 spiro atoms. The molecule has 1 atom stereocenters. The van der Waals surface area contributed by atoms with Crippen molar-refractivity contribution in [1.82, 2.24) is 0 Å². The molecule has 0 aromatic rings. The van der Waals surface area contributed by atoms with E-state index >= 15 is 0 Å². The van der Waals surface area contributed by atoms with Crippen LogP contribution in [0.3, 0.4) is 0 Å². The van der Waals surface area contributed by atoms with Crippen LogP contribution < -0.4 is 0 Å². The monoisotopic (exact) mass is 186 g/mol. The molecule has 1 aliphatic heterocycles. The van der Waals surface area contributed by atoms with Gasteiger partial charge in [0.05, 0.1) is 6.42 Å². The molecule has 13 heavy (non-hydrogen) atoms. The first-order valence-electron chi connectivity index (χ1n) is 5.15. The van der Waals surface area contributed by atoms with Crippen LogP contribution in [0.5, 0.6) is 0 Å². The van der Waals surface area contributed by atoms with Crippen LogP contribution in [0.25, 0.3) is 0 Å². The van der Waals surface area contributed by atoms with Crippen molar-refractivity contribution >= 4 is 5.97 Å². The Morgan fingerprint density at radius 1 is 1.38 bits per heavy atom. The third-order valence-corrected chi connectivity index (χ3v) is 2.46. The van der Waals surface area contributed by atoms with E-state index in [1.54, 1.807) is 0 Å². The molecule has 0 bridgehead atoms. The van der Waals surface area contributed by atoms with Crippen LogP contribution in [0.1, 0.15) is 48.0 Å². The molecular formula is C11H22O2. The highest BCUT2D eigenvalue weighted by atomic mass is 16.6. The van der Waals surface area contributed by atoms with Crippen molar-refractivity contribution in [1.29, 1.82) is 0 Å². The maximum atomic E-state index is 11.0. The van der Waals surface area contributed by atoms with Gasteiger partial charge in [-0.05, 0) is 19.8 Å². The first kappa shape index (κ1) is 12.5. The van der Waals surface area contributed by atoms with E-state index in [9.17, 15) is 4.79 Å². The maximum absolute atomic E-state index is 11.0. The number of hydrogen-bond acceptors (Lipinski definition) is 2. The van der Waals surface area contributed by atoms with Crippen LogP contribution in [0, 0.1) is 11.8 Å². The fourth-order valence-corrected chi connectivity index (χ4v) is 1.87. The third-order valence-electron chi connectivity index (χ3n) is 2.46. The van der Waals surface area contributed by atoms with Crippen LogP contribution >= 0.6 is 0 Å². The van der Waals surface area contributed by atoms with Crippen molar-refractivity contribution in [2.45, 2.75) is 53.6 Å². The number of carbonyl (C=O) groups is 1. The summed E-state index contributed by atoms with van der Waals surface area (Å²) < 4.78 is 5.18. The first-order valence-corrected chi connectivity index (χ1v) is 5.15. The number of ether oxygens (including phenoxy) is 1. The molecule has 0 aliphatic carbocycles. The van der Waals surface area contributed by atoms with Crippen molar-refractivity contribution in [3.63, 3.8) is 0 Å². The number of esters is 1. The van der Waals surface area contributed by atoms with Crippen LogP contribution in [0.2, 0.25) is 0 Å². The predicted octanol–water partition coefficient (Wildman–Crippen LogP) is 3.01. The molecule has 78 valence electrons. The summed E-state index contributed by atoms with van der Waals surface area (Å²) in [4.78, 5) is 11.0. The fraction of sp³-hybridized carbons (Fsp3) is 0.909. The van der Waals surface area contributed by atoms with Crippen LogP contribution in [0.15, 0.2) is 0 Å². The number of rotatable bonds is 1. The molecule has 0 amide bonds. The summed E-state index contributed by atoms with van der Waals surface area (Å²) in [5, 5.41) is 0. The summed E-state index contributed by atoms with van der Waals surface area (Å²) >= 11 is 0. The SMILES string of the molecule is CC.CC(C)C1CC(=O)OC1(C)C. The Kier molecular flexibility index (Phi) is 4.45. The standard InChI is InChI=1S/C9H16O2.C2H6/c1-6(2)7-5-8(10)11-9(7,3)4;1-2/h6-7H,5H2,1-4H3;1-2H3. The third kappa shape index (κ3) is 3.02. The average Bonchev–Trinajstić information content (AvgIpc) is 2.28. The van der Waals surface area contributed by atoms with E-state index in [0.717, 1.165) is 0 Å². The largest absolute Gasteiger partial charge is 0.459 e. The zero-order valence-electron chi connectivity index (χ0n) is 9.68. The van der Waals surface area contributed by atoms with Gasteiger partial charge in [-0.25, -0.2) is 0 Å². The van der Waals surface area contributed by atoms with Gasteiger partial charge in [-0.2, -0.15) is 0 Å². The van der Waals surface area contributed by atoms with Crippen molar-refractivity contribution in [3.8, 4) is 0 Å². The summed E-state index contributed by atoms with van der Waals surface area (Å²) in [5.41, 5.74) is -0.245. The number of cyclic esters (lactones) is 1. The lowest BCUT2D eigenvalue weighted by Crippen LogP contribution is -2.30. The minimum Gasteiger partial charge on any atom is -0.459 e. The summed E-state index contributed by atoms with van der Waals surface area (Å²) in [6.45, 7) is 12.2. The lowest BCUT2D eigenvalue weighted by atomic mass is 9.82. The molecule has 0 N–H and O–H groups in total. The summed E-state index contributed by atoms with van der Waals surface area (Å²) in [7, 11) is 0. The molecule has 1 aliphatic rings. The molecule has 0 saturated carbocycles. The van der Waals surface area contributed by atoms with Gasteiger partial charge in [-0.1, -0.05) is 27.7 Å². The van der Waals surface area contributed by atoms with Gasteiger partial charge >= 0.3 is 5.97 Å². The van der Waals surface area contributed by atoms with Crippen molar-refractivity contribution in [2.75, 3.05) is 0 Å². The fourth-order valence-electron chi connectivity index (χ4n) is 1.87. The first-order chi connectivity index (χ1) is 5.93. The van der Waals surface area contributed by atoms with Crippen molar-refractivity contribution < 1.29 is 9.53 Å². The summed E-state index contributed by atoms with van der Waals surface area (Å²) in [6, 6.07) is 0. The normalized spacial score (nSPS) is 25.2. The maximum Gasteiger partial charge on any atom is 0.306 e. The van der Waals surface area contributed by atoms with Gasteiger partial charge in [0.15, 0.2) is 0 Å². The highest BCUT2D eigenvalue weighted by molar-refractivity contribution is 5.72. The minimum atomic E-state index is -0.245. The second kappa shape index (κ2) is 4.64. The average molecular weight is 186 g/mol. The Hall–Kier alpha value is -0.530. The smallest absolute Gasteiger partial charge is 0.306 e. The second-order valence-corrected chi connectivity index (χ2v) is 4.13. The highest BCUT2D eigenvalue weighted by Crippen LogP contribution is 2.37. The van der Waals surface area contributed by atoms with E-state index in [-0.39, 0.29) is 11.6 Å². The minimum absolute atomic E-state index is 0.0475. The van der Waals surface area contributed by atoms with Gasteiger partial charge in [0.1, 0.15) is 5.60 Å². The summed E-state index contributed by atoms with van der Waals surface area (Å²) in [5.74, 6) is 0.861. The van der Waals surface area contributed by atoms with Gasteiger partial charge in [0.2, 0.25) is 0 Å². The molecule has 0 radical (unpaired) electrons. The van der Waals surface area contributed by atoms with Gasteiger partial charge in [0.25, 0.3) is 0 Å². The van der Waals surface area contributed by atoms with Gasteiger partial charge in [-0.15, -0.1) is 0 Å². The Morgan fingerprint density at radius 3 is 2.00 bits per heavy atom. The van der Waals surface area contributed by atoms with Gasteiger partial charge in [0, 0.05) is 5.92 Å². The molecule has 0 aromatic carbocycles. The Balaban J connectivity index is 0.000000671. The molecule has 1 heterocycles. The predicted molar refractivity (Wildman–Crippen MR) is 54.5 cm³/mol.